The molecule has 1 unspecified atom stereocenters. The second-order valence-electron chi connectivity index (χ2n) is 4.77. The van der Waals surface area contributed by atoms with Crippen LogP contribution in [-0.4, -0.2) is 64.6 Å². The van der Waals surface area contributed by atoms with Gasteiger partial charge in [-0.25, -0.2) is 8.42 Å². The maximum atomic E-state index is 12.4. The number of nitrogens with zero attached hydrogens (tertiary/aromatic N) is 2. The first-order chi connectivity index (χ1) is 9.30. The highest BCUT2D eigenvalue weighted by atomic mass is 32.2. The highest BCUT2D eigenvalue weighted by Crippen LogP contribution is 2.19. The third-order valence-corrected chi connectivity index (χ3v) is 4.96. The van der Waals surface area contributed by atoms with Crippen molar-refractivity contribution in [2.45, 2.75) is 19.4 Å². The molecule has 1 aromatic rings. The zero-order valence-electron chi connectivity index (χ0n) is 10.9. The van der Waals surface area contributed by atoms with Crippen molar-refractivity contribution < 1.29 is 23.1 Å². The number of sulfone groups is 1. The number of aromatic nitrogens is 2. The van der Waals surface area contributed by atoms with Crippen LogP contribution in [0.5, 0.6) is 0 Å². The lowest BCUT2D eigenvalue weighted by Crippen LogP contribution is -2.52. The van der Waals surface area contributed by atoms with Crippen LogP contribution in [0.15, 0.2) is 6.20 Å². The molecule has 2 heterocycles. The van der Waals surface area contributed by atoms with Gasteiger partial charge in [-0.1, -0.05) is 0 Å². The molecule has 9 heteroatoms. The Balaban J connectivity index is 2.26. The van der Waals surface area contributed by atoms with E-state index in [0.29, 0.717) is 11.3 Å². The molecule has 0 spiro atoms. The highest BCUT2D eigenvalue weighted by molar-refractivity contribution is 7.91. The van der Waals surface area contributed by atoms with Crippen molar-refractivity contribution in [1.29, 1.82) is 0 Å². The summed E-state index contributed by atoms with van der Waals surface area (Å²) < 4.78 is 23.2. The number of rotatable bonds is 3. The molecule has 1 aliphatic heterocycles. The Morgan fingerprint density at radius 1 is 1.55 bits per heavy atom. The Morgan fingerprint density at radius 2 is 2.25 bits per heavy atom. The summed E-state index contributed by atoms with van der Waals surface area (Å²) in [6, 6.07) is -0.840. The fourth-order valence-electron chi connectivity index (χ4n) is 2.25. The third-order valence-electron chi connectivity index (χ3n) is 3.26. The summed E-state index contributed by atoms with van der Waals surface area (Å²) in [5.41, 5.74) is 0.900. The average molecular weight is 301 g/mol. The lowest BCUT2D eigenvalue weighted by Gasteiger charge is -2.34. The number of amides is 1. The van der Waals surface area contributed by atoms with Gasteiger partial charge in [0.1, 0.15) is 0 Å². The fraction of sp³-hybridized carbons (Fsp3) is 0.545. The molecular formula is C11H15N3O5S. The molecule has 1 aliphatic rings. The fourth-order valence-corrected chi connectivity index (χ4v) is 3.77. The predicted molar refractivity (Wildman–Crippen MR) is 69.1 cm³/mol. The molecule has 1 atom stereocenters. The molecule has 1 saturated heterocycles. The summed E-state index contributed by atoms with van der Waals surface area (Å²) in [6.45, 7) is 1.68. The Bertz CT molecular complexity index is 636. The van der Waals surface area contributed by atoms with Crippen molar-refractivity contribution in [3.8, 4) is 0 Å². The van der Waals surface area contributed by atoms with Gasteiger partial charge in [-0.3, -0.25) is 14.7 Å². The van der Waals surface area contributed by atoms with Crippen molar-refractivity contribution in [3.63, 3.8) is 0 Å². The van der Waals surface area contributed by atoms with E-state index in [1.807, 2.05) is 0 Å². The molecule has 1 amide bonds. The zero-order valence-corrected chi connectivity index (χ0v) is 11.7. The summed E-state index contributed by atoms with van der Waals surface area (Å²) in [5.74, 6) is -1.99. The van der Waals surface area contributed by atoms with E-state index in [1.54, 1.807) is 6.92 Å². The lowest BCUT2D eigenvalue weighted by molar-refractivity contribution is -0.138. The van der Waals surface area contributed by atoms with Gasteiger partial charge in [0.15, 0.2) is 9.84 Å². The van der Waals surface area contributed by atoms with Crippen LogP contribution < -0.4 is 0 Å². The zero-order chi connectivity index (χ0) is 14.9. The first-order valence-electron chi connectivity index (χ1n) is 6.03. The van der Waals surface area contributed by atoms with Crippen LogP contribution in [-0.2, 0) is 14.6 Å². The van der Waals surface area contributed by atoms with E-state index in [1.165, 1.54) is 11.1 Å². The second kappa shape index (κ2) is 5.23. The van der Waals surface area contributed by atoms with Crippen molar-refractivity contribution in [2.75, 3.05) is 18.1 Å². The van der Waals surface area contributed by atoms with E-state index in [-0.39, 0.29) is 24.5 Å². The minimum atomic E-state index is -3.30. The van der Waals surface area contributed by atoms with Crippen molar-refractivity contribution in [1.82, 2.24) is 15.1 Å². The van der Waals surface area contributed by atoms with Gasteiger partial charge in [0.05, 0.1) is 35.7 Å². The standard InChI is InChI=1S/C11H15N3O5S/c1-7-9(5-12-13-7)11(17)14-2-3-20(18,19)6-8(14)4-10(15)16/h5,8H,2-4,6H2,1H3,(H,12,13)(H,15,16). The number of aryl methyl sites for hydroxylation is 1. The van der Waals surface area contributed by atoms with Gasteiger partial charge in [-0.15, -0.1) is 0 Å². The molecule has 0 bridgehead atoms. The average Bonchev–Trinajstić information content (AvgIpc) is 2.73. The summed E-state index contributed by atoms with van der Waals surface area (Å²) in [6.07, 6.45) is 0.973. The molecule has 8 nitrogen and oxygen atoms in total. The number of hydrogen-bond acceptors (Lipinski definition) is 5. The molecule has 1 fully saturated rings. The highest BCUT2D eigenvalue weighted by Gasteiger charge is 2.36. The maximum Gasteiger partial charge on any atom is 0.305 e. The molecule has 110 valence electrons. The van der Waals surface area contributed by atoms with Crippen molar-refractivity contribution in [2.24, 2.45) is 0 Å². The second-order valence-corrected chi connectivity index (χ2v) is 7.00. The number of hydrogen-bond donors (Lipinski definition) is 2. The largest absolute Gasteiger partial charge is 0.481 e. The van der Waals surface area contributed by atoms with E-state index in [4.69, 9.17) is 5.11 Å². The number of H-pyrrole nitrogens is 1. The van der Waals surface area contributed by atoms with E-state index < -0.39 is 27.8 Å². The smallest absolute Gasteiger partial charge is 0.305 e. The van der Waals surface area contributed by atoms with Gasteiger partial charge >= 0.3 is 5.97 Å². The Morgan fingerprint density at radius 3 is 2.80 bits per heavy atom. The van der Waals surface area contributed by atoms with E-state index in [2.05, 4.69) is 10.2 Å². The van der Waals surface area contributed by atoms with Crippen LogP contribution >= 0.6 is 0 Å². The minimum Gasteiger partial charge on any atom is -0.481 e. The van der Waals surface area contributed by atoms with Crippen LogP contribution in [0.25, 0.3) is 0 Å². The van der Waals surface area contributed by atoms with Gasteiger partial charge in [0.2, 0.25) is 0 Å². The number of carboxylic acids is 1. The van der Waals surface area contributed by atoms with Crippen LogP contribution in [0.3, 0.4) is 0 Å². The van der Waals surface area contributed by atoms with E-state index >= 15 is 0 Å². The number of carboxylic acid groups (broad SMARTS) is 1. The van der Waals surface area contributed by atoms with Gasteiger partial charge in [-0.05, 0) is 6.92 Å². The number of nitrogens with one attached hydrogen (secondary N) is 1. The number of carbonyl (C=O) groups excluding carboxylic acids is 1. The van der Waals surface area contributed by atoms with Gasteiger partial charge < -0.3 is 10.0 Å². The maximum absolute atomic E-state index is 12.4. The van der Waals surface area contributed by atoms with E-state index in [9.17, 15) is 18.0 Å². The van der Waals surface area contributed by atoms with Gasteiger partial charge in [0, 0.05) is 12.2 Å². The molecule has 2 N–H and O–H groups in total. The summed E-state index contributed by atoms with van der Waals surface area (Å²) in [7, 11) is -3.30. The molecule has 0 radical (unpaired) electrons. The number of carbonyl (C=O) groups is 2. The Hall–Kier alpha value is -1.90. The van der Waals surface area contributed by atoms with Crippen LogP contribution in [0, 0.1) is 6.92 Å². The number of aliphatic carboxylic acids is 1. The Kier molecular flexibility index (Phi) is 3.80. The van der Waals surface area contributed by atoms with Crippen LogP contribution in [0.2, 0.25) is 0 Å². The first kappa shape index (κ1) is 14.5. The molecule has 0 aliphatic carbocycles. The molecule has 20 heavy (non-hydrogen) atoms. The quantitative estimate of drug-likeness (QED) is 0.771. The minimum absolute atomic E-state index is 0.00370. The summed E-state index contributed by atoms with van der Waals surface area (Å²) >= 11 is 0. The first-order valence-corrected chi connectivity index (χ1v) is 7.85. The molecule has 1 aromatic heterocycles. The Labute approximate surface area is 115 Å². The SMILES string of the molecule is Cc1[nH]ncc1C(=O)N1CCS(=O)(=O)CC1CC(=O)O. The van der Waals surface area contributed by atoms with Crippen molar-refractivity contribution in [3.05, 3.63) is 17.5 Å². The third kappa shape index (κ3) is 2.98. The lowest BCUT2D eigenvalue weighted by atomic mass is 10.1. The molecular weight excluding hydrogens is 286 g/mol. The molecule has 2 rings (SSSR count). The molecule has 0 saturated carbocycles. The number of aromatic amines is 1. The van der Waals surface area contributed by atoms with Crippen molar-refractivity contribution >= 4 is 21.7 Å². The van der Waals surface area contributed by atoms with Crippen LogP contribution in [0.4, 0.5) is 0 Å². The van der Waals surface area contributed by atoms with Crippen LogP contribution in [0.1, 0.15) is 22.5 Å². The van der Waals surface area contributed by atoms with Gasteiger partial charge in [-0.2, -0.15) is 5.10 Å². The van der Waals surface area contributed by atoms with Gasteiger partial charge in [0.25, 0.3) is 5.91 Å². The topological polar surface area (TPSA) is 120 Å². The monoisotopic (exact) mass is 301 g/mol. The van der Waals surface area contributed by atoms with E-state index in [0.717, 1.165) is 0 Å². The predicted octanol–water partition coefficient (Wildman–Crippen LogP) is -0.568. The molecule has 0 aromatic carbocycles. The normalized spacial score (nSPS) is 21.6. The summed E-state index contributed by atoms with van der Waals surface area (Å²) in [4.78, 5) is 24.5. The summed E-state index contributed by atoms with van der Waals surface area (Å²) in [5, 5.41) is 15.2.